The largest absolute Gasteiger partial charge is 0.299 e. The Bertz CT molecular complexity index is 723. The molecule has 5 atom stereocenters. The number of fused-ring (bicyclic) bond motifs is 5. The molecule has 4 aliphatic rings. The van der Waals surface area contributed by atoms with Crippen molar-refractivity contribution < 1.29 is 14.4 Å². The van der Waals surface area contributed by atoms with Gasteiger partial charge < -0.3 is 0 Å². The Kier molecular flexibility index (Phi) is 3.37. The fourth-order valence-electron chi connectivity index (χ4n) is 6.30. The number of rotatable bonds is 1. The van der Waals surface area contributed by atoms with Gasteiger partial charge in [0, 0.05) is 35.7 Å². The zero-order valence-corrected chi connectivity index (χ0v) is 14.3. The average Bonchev–Trinajstić information content (AvgIpc) is 2.85. The first-order valence-corrected chi connectivity index (χ1v) is 9.11. The van der Waals surface area contributed by atoms with Gasteiger partial charge in [0.15, 0.2) is 11.6 Å². The van der Waals surface area contributed by atoms with Crippen LogP contribution in [0.25, 0.3) is 0 Å². The first kappa shape index (κ1) is 15.8. The summed E-state index contributed by atoms with van der Waals surface area (Å²) in [6.07, 6.45) is 8.62. The minimum absolute atomic E-state index is 0.0570. The third-order valence-electron chi connectivity index (χ3n) is 7.48. The average molecular weight is 324 g/mol. The van der Waals surface area contributed by atoms with Crippen molar-refractivity contribution in [3.05, 3.63) is 30.0 Å². The van der Waals surface area contributed by atoms with E-state index in [1.807, 2.05) is 6.08 Å². The van der Waals surface area contributed by atoms with Gasteiger partial charge in [0.1, 0.15) is 5.78 Å². The molecule has 0 spiro atoms. The zero-order chi connectivity index (χ0) is 17.1. The molecule has 4 aliphatic carbocycles. The third kappa shape index (κ3) is 1.88. The van der Waals surface area contributed by atoms with Crippen LogP contribution in [0.5, 0.6) is 0 Å². The number of hydrogen-bond donors (Lipinski definition) is 0. The molecule has 0 aromatic rings. The maximum atomic E-state index is 12.9. The molecule has 3 fully saturated rings. The van der Waals surface area contributed by atoms with Gasteiger partial charge in [-0.05, 0) is 55.6 Å². The molecule has 0 heterocycles. The van der Waals surface area contributed by atoms with Crippen molar-refractivity contribution in [2.45, 2.75) is 51.9 Å². The second kappa shape index (κ2) is 5.13. The molecule has 126 valence electrons. The first-order chi connectivity index (χ1) is 11.4. The van der Waals surface area contributed by atoms with Gasteiger partial charge in [0.25, 0.3) is 0 Å². The normalized spacial score (nSPS) is 44.1. The maximum Gasteiger partial charge on any atom is 0.160 e. The molecule has 0 amide bonds. The quantitative estimate of drug-likeness (QED) is 0.693. The van der Waals surface area contributed by atoms with Crippen molar-refractivity contribution in [2.24, 2.45) is 28.6 Å². The monoisotopic (exact) mass is 324 g/mol. The number of carbonyl (C=O) groups excluding carboxylic acids is 3. The molecule has 0 unspecified atom stereocenters. The molecule has 24 heavy (non-hydrogen) atoms. The lowest BCUT2D eigenvalue weighted by Gasteiger charge is -2.56. The Morgan fingerprint density at radius 3 is 2.71 bits per heavy atom. The highest BCUT2D eigenvalue weighted by atomic mass is 16.1. The van der Waals surface area contributed by atoms with Gasteiger partial charge in [-0.2, -0.15) is 0 Å². The molecule has 3 heteroatoms. The number of carbonyl (C=O) groups is 3. The van der Waals surface area contributed by atoms with Gasteiger partial charge in [-0.3, -0.25) is 14.4 Å². The first-order valence-electron chi connectivity index (χ1n) is 9.11. The van der Waals surface area contributed by atoms with Crippen LogP contribution >= 0.6 is 0 Å². The summed E-state index contributed by atoms with van der Waals surface area (Å²) in [5.74, 6) is 1.42. The lowest BCUT2D eigenvalue weighted by Crippen LogP contribution is -2.53. The summed E-state index contributed by atoms with van der Waals surface area (Å²) in [7, 11) is 0. The van der Waals surface area contributed by atoms with Crippen molar-refractivity contribution in [3.63, 3.8) is 0 Å². The summed E-state index contributed by atoms with van der Waals surface area (Å²) in [5, 5.41) is 0. The molecule has 0 radical (unpaired) electrons. The lowest BCUT2D eigenvalue weighted by molar-refractivity contribution is -0.137. The van der Waals surface area contributed by atoms with Crippen molar-refractivity contribution in [2.75, 3.05) is 0 Å². The molecule has 3 nitrogen and oxygen atoms in total. The van der Waals surface area contributed by atoms with Gasteiger partial charge in [-0.15, -0.1) is 5.73 Å². The minimum atomic E-state index is -0.386. The predicted octanol–water partition coefficient (Wildman–Crippen LogP) is 3.59. The van der Waals surface area contributed by atoms with Crippen molar-refractivity contribution in [1.29, 1.82) is 0 Å². The van der Waals surface area contributed by atoms with Gasteiger partial charge >= 0.3 is 0 Å². The van der Waals surface area contributed by atoms with Crippen LogP contribution in [0.3, 0.4) is 0 Å². The van der Waals surface area contributed by atoms with Gasteiger partial charge in [0.2, 0.25) is 0 Å². The maximum absolute atomic E-state index is 12.9. The van der Waals surface area contributed by atoms with Crippen molar-refractivity contribution in [3.8, 4) is 0 Å². The van der Waals surface area contributed by atoms with Crippen molar-refractivity contribution >= 4 is 17.3 Å². The van der Waals surface area contributed by atoms with Crippen LogP contribution in [0.1, 0.15) is 51.9 Å². The fraction of sp³-hybridized carbons (Fsp3) is 0.619. The van der Waals surface area contributed by atoms with E-state index in [0.29, 0.717) is 48.9 Å². The Balaban J connectivity index is 1.83. The summed E-state index contributed by atoms with van der Waals surface area (Å²) >= 11 is 0. The molecule has 0 aromatic carbocycles. The second-order valence-corrected chi connectivity index (χ2v) is 8.34. The minimum Gasteiger partial charge on any atom is -0.299 e. The highest BCUT2D eigenvalue weighted by Gasteiger charge is 2.61. The van der Waals surface area contributed by atoms with Gasteiger partial charge in [-0.1, -0.05) is 13.5 Å². The van der Waals surface area contributed by atoms with Crippen LogP contribution in [-0.2, 0) is 14.4 Å². The SMILES string of the molecule is C=C=C[C@]12CCC(=O)C=C1C(=O)C[C@@H]1[C@@H]2CC[C@]2(C)C(=O)CC[C@@H]12. The van der Waals surface area contributed by atoms with E-state index in [0.717, 1.165) is 19.3 Å². The van der Waals surface area contributed by atoms with Crippen LogP contribution in [0.2, 0.25) is 0 Å². The standard InChI is InChI=1S/C21H24O3/c1-3-8-21-10-6-13(22)11-17(21)18(23)12-14-15-4-5-19(24)20(15,2)9-7-16(14)21/h8,11,14-16H,1,4-7,9-10,12H2,2H3/t14-,15-,16-,20-,21+/m0/s1. The van der Waals surface area contributed by atoms with Crippen LogP contribution in [-0.4, -0.2) is 17.3 Å². The van der Waals surface area contributed by atoms with E-state index in [1.165, 1.54) is 0 Å². The second-order valence-electron chi connectivity index (χ2n) is 8.34. The Morgan fingerprint density at radius 2 is 1.96 bits per heavy atom. The molecular weight excluding hydrogens is 300 g/mol. The van der Waals surface area contributed by atoms with E-state index in [2.05, 4.69) is 19.2 Å². The Morgan fingerprint density at radius 1 is 1.17 bits per heavy atom. The van der Waals surface area contributed by atoms with Gasteiger partial charge in [0.05, 0.1) is 0 Å². The number of hydrogen-bond acceptors (Lipinski definition) is 3. The summed E-state index contributed by atoms with van der Waals surface area (Å²) in [4.78, 5) is 37.3. The molecule has 0 bridgehead atoms. The smallest absolute Gasteiger partial charge is 0.160 e. The van der Waals surface area contributed by atoms with Crippen LogP contribution < -0.4 is 0 Å². The molecule has 0 aromatic heterocycles. The van der Waals surface area contributed by atoms with E-state index in [-0.39, 0.29) is 28.3 Å². The number of allylic oxidation sites excluding steroid dienone is 2. The fourth-order valence-corrected chi connectivity index (χ4v) is 6.30. The third-order valence-corrected chi connectivity index (χ3v) is 7.48. The van der Waals surface area contributed by atoms with E-state index < -0.39 is 0 Å². The highest BCUT2D eigenvalue weighted by Crippen LogP contribution is 2.64. The van der Waals surface area contributed by atoms with Gasteiger partial charge in [-0.25, -0.2) is 0 Å². The predicted molar refractivity (Wildman–Crippen MR) is 90.1 cm³/mol. The molecular formula is C21H24O3. The van der Waals surface area contributed by atoms with Crippen LogP contribution in [0, 0.1) is 28.6 Å². The number of Topliss-reactive ketones (excluding diaryl/α,β-unsaturated/α-hetero) is 2. The molecule has 0 N–H and O–H groups in total. The molecule has 3 saturated carbocycles. The zero-order valence-electron chi connectivity index (χ0n) is 14.3. The number of ketones is 3. The summed E-state index contributed by atoms with van der Waals surface area (Å²) in [5.41, 5.74) is 2.98. The summed E-state index contributed by atoms with van der Waals surface area (Å²) < 4.78 is 0. The van der Waals surface area contributed by atoms with E-state index in [1.54, 1.807) is 6.08 Å². The Labute approximate surface area is 142 Å². The highest BCUT2D eigenvalue weighted by molar-refractivity contribution is 6.06. The van der Waals surface area contributed by atoms with Crippen molar-refractivity contribution in [1.82, 2.24) is 0 Å². The topological polar surface area (TPSA) is 51.2 Å². The summed E-state index contributed by atoms with van der Waals surface area (Å²) in [6.45, 7) is 5.87. The summed E-state index contributed by atoms with van der Waals surface area (Å²) in [6, 6.07) is 0. The molecule has 0 saturated heterocycles. The molecule has 0 aliphatic heterocycles. The van der Waals surface area contributed by atoms with Crippen LogP contribution in [0.15, 0.2) is 30.0 Å². The van der Waals surface area contributed by atoms with Crippen LogP contribution in [0.4, 0.5) is 0 Å². The van der Waals surface area contributed by atoms with E-state index in [9.17, 15) is 14.4 Å². The van der Waals surface area contributed by atoms with E-state index in [4.69, 9.17) is 0 Å². The lowest BCUT2D eigenvalue weighted by atomic mass is 9.46. The van der Waals surface area contributed by atoms with E-state index >= 15 is 0 Å². The molecule has 4 rings (SSSR count). The Hall–Kier alpha value is -1.73.